The van der Waals surface area contributed by atoms with Gasteiger partial charge in [-0.3, -0.25) is 4.79 Å². The number of aliphatic imine (C=N–C) groups is 1. The molecule has 0 aromatic rings. The predicted molar refractivity (Wildman–Crippen MR) is 41.1 cm³/mol. The molecule has 0 radical (unpaired) electrons. The first-order chi connectivity index (χ1) is 4.83. The van der Waals surface area contributed by atoms with Crippen LogP contribution in [0.25, 0.3) is 0 Å². The van der Waals surface area contributed by atoms with Crippen LogP contribution in [-0.4, -0.2) is 23.7 Å². The Bertz CT molecular complexity index is 182. The highest BCUT2D eigenvalue weighted by molar-refractivity contribution is 7.78. The number of hydrogen-bond acceptors (Lipinski definition) is 3. The molecule has 4 heteroatoms. The summed E-state index contributed by atoms with van der Waals surface area (Å²) >= 11 is 4.30. The van der Waals surface area contributed by atoms with Crippen LogP contribution in [0, 0.1) is 0 Å². The predicted octanol–water partition coefficient (Wildman–Crippen LogP) is 0.368. The van der Waals surface area contributed by atoms with E-state index in [-0.39, 0.29) is 12.5 Å². The second-order valence-electron chi connectivity index (χ2n) is 2.25. The number of thiocarbonyl (C=S) groups is 1. The minimum atomic E-state index is -0.0557. The fraction of sp³-hybridized carbons (Fsp3) is 0.667. The molecule has 1 amide bonds. The SMILES string of the molecule is O=C(CN=C=S)NC1CC1. The van der Waals surface area contributed by atoms with Crippen LogP contribution in [0.15, 0.2) is 4.99 Å². The van der Waals surface area contributed by atoms with Crippen LogP contribution < -0.4 is 5.32 Å². The number of carbonyl (C=O) groups excluding carboxylic acids is 1. The van der Waals surface area contributed by atoms with Gasteiger partial charge in [0.25, 0.3) is 0 Å². The fourth-order valence-corrected chi connectivity index (χ4v) is 0.670. The van der Waals surface area contributed by atoms with E-state index in [1.807, 2.05) is 0 Å². The number of isothiocyanates is 1. The molecule has 1 saturated carbocycles. The molecule has 0 saturated heterocycles. The zero-order chi connectivity index (χ0) is 7.40. The summed E-state index contributed by atoms with van der Waals surface area (Å²) in [4.78, 5) is 14.3. The highest BCUT2D eigenvalue weighted by Crippen LogP contribution is 2.18. The number of nitrogens with one attached hydrogen (secondary N) is 1. The van der Waals surface area contributed by atoms with Gasteiger partial charge in [-0.05, 0) is 25.1 Å². The quantitative estimate of drug-likeness (QED) is 0.473. The van der Waals surface area contributed by atoms with Crippen molar-refractivity contribution in [2.45, 2.75) is 18.9 Å². The molecule has 0 aromatic heterocycles. The van der Waals surface area contributed by atoms with E-state index in [1.165, 1.54) is 0 Å². The molecule has 0 aliphatic heterocycles. The average molecular weight is 156 g/mol. The van der Waals surface area contributed by atoms with Gasteiger partial charge < -0.3 is 5.32 Å². The van der Waals surface area contributed by atoms with Crippen molar-refractivity contribution in [3.8, 4) is 0 Å². The summed E-state index contributed by atoms with van der Waals surface area (Å²) in [6, 6.07) is 0.410. The van der Waals surface area contributed by atoms with Gasteiger partial charge in [0, 0.05) is 6.04 Å². The highest BCUT2D eigenvalue weighted by atomic mass is 32.1. The van der Waals surface area contributed by atoms with Gasteiger partial charge in [-0.2, -0.15) is 0 Å². The van der Waals surface area contributed by atoms with Crippen molar-refractivity contribution < 1.29 is 4.79 Å². The number of amides is 1. The summed E-state index contributed by atoms with van der Waals surface area (Å²) in [7, 11) is 0. The molecule has 1 fully saturated rings. The van der Waals surface area contributed by atoms with Crippen LogP contribution in [0.3, 0.4) is 0 Å². The summed E-state index contributed by atoms with van der Waals surface area (Å²) < 4.78 is 0. The van der Waals surface area contributed by atoms with E-state index in [0.717, 1.165) is 12.8 Å². The summed E-state index contributed by atoms with van der Waals surface area (Å²) in [6.45, 7) is 0.125. The molecule has 1 aliphatic rings. The number of rotatable bonds is 3. The maximum absolute atomic E-state index is 10.8. The Balaban J connectivity index is 2.13. The van der Waals surface area contributed by atoms with Crippen LogP contribution >= 0.6 is 12.2 Å². The van der Waals surface area contributed by atoms with Gasteiger partial charge in [0.15, 0.2) is 0 Å². The maximum atomic E-state index is 10.8. The number of carbonyl (C=O) groups is 1. The molecule has 3 nitrogen and oxygen atoms in total. The first-order valence-corrected chi connectivity index (χ1v) is 3.57. The summed E-state index contributed by atoms with van der Waals surface area (Å²) in [5.74, 6) is -0.0557. The Morgan fingerprint density at radius 1 is 1.80 bits per heavy atom. The van der Waals surface area contributed by atoms with Gasteiger partial charge in [0.1, 0.15) is 6.54 Å². The van der Waals surface area contributed by atoms with Crippen molar-refractivity contribution in [1.29, 1.82) is 0 Å². The number of nitrogens with zero attached hydrogens (tertiary/aromatic N) is 1. The molecule has 0 unspecified atom stereocenters. The van der Waals surface area contributed by atoms with Gasteiger partial charge >= 0.3 is 0 Å². The van der Waals surface area contributed by atoms with E-state index in [9.17, 15) is 4.79 Å². The third-order valence-electron chi connectivity index (χ3n) is 1.23. The van der Waals surface area contributed by atoms with Crippen LogP contribution in [0.2, 0.25) is 0 Å². The van der Waals surface area contributed by atoms with Gasteiger partial charge in [0.2, 0.25) is 5.91 Å². The molecular formula is C6H8N2OS. The van der Waals surface area contributed by atoms with Gasteiger partial charge in [-0.25, -0.2) is 4.99 Å². The molecule has 10 heavy (non-hydrogen) atoms. The van der Waals surface area contributed by atoms with Crippen molar-refractivity contribution in [2.75, 3.05) is 6.54 Å². The molecule has 1 rings (SSSR count). The van der Waals surface area contributed by atoms with Crippen molar-refractivity contribution in [1.82, 2.24) is 5.32 Å². The molecule has 54 valence electrons. The van der Waals surface area contributed by atoms with E-state index in [0.29, 0.717) is 6.04 Å². The highest BCUT2D eigenvalue weighted by Gasteiger charge is 2.22. The molecule has 0 heterocycles. The van der Waals surface area contributed by atoms with Crippen molar-refractivity contribution in [3.05, 3.63) is 0 Å². The Morgan fingerprint density at radius 2 is 2.50 bits per heavy atom. The molecule has 0 bridgehead atoms. The Kier molecular flexibility index (Phi) is 2.54. The molecule has 0 spiro atoms. The minimum Gasteiger partial charge on any atom is -0.352 e. The lowest BCUT2D eigenvalue weighted by molar-refractivity contribution is -0.119. The van der Waals surface area contributed by atoms with Crippen molar-refractivity contribution in [2.24, 2.45) is 4.99 Å². The zero-order valence-corrected chi connectivity index (χ0v) is 6.28. The first kappa shape index (κ1) is 7.38. The second kappa shape index (κ2) is 3.44. The van der Waals surface area contributed by atoms with E-state index >= 15 is 0 Å². The Hall–Kier alpha value is -0.730. The van der Waals surface area contributed by atoms with Gasteiger partial charge in [0.05, 0.1) is 5.16 Å². The summed E-state index contributed by atoms with van der Waals surface area (Å²) in [5.41, 5.74) is 0. The van der Waals surface area contributed by atoms with Crippen LogP contribution in [-0.2, 0) is 4.79 Å². The Labute approximate surface area is 64.5 Å². The zero-order valence-electron chi connectivity index (χ0n) is 5.46. The van der Waals surface area contributed by atoms with Crippen LogP contribution in [0.4, 0.5) is 0 Å². The van der Waals surface area contributed by atoms with E-state index < -0.39 is 0 Å². The minimum absolute atomic E-state index is 0.0557. The first-order valence-electron chi connectivity index (χ1n) is 3.16. The third-order valence-corrected chi connectivity index (χ3v) is 1.36. The Morgan fingerprint density at radius 3 is 3.00 bits per heavy atom. The van der Waals surface area contributed by atoms with Gasteiger partial charge in [-0.15, -0.1) is 0 Å². The van der Waals surface area contributed by atoms with E-state index in [4.69, 9.17) is 0 Å². The lowest BCUT2D eigenvalue weighted by Gasteiger charge is -1.96. The summed E-state index contributed by atoms with van der Waals surface area (Å²) in [5, 5.41) is 4.91. The number of hydrogen-bond donors (Lipinski definition) is 1. The fourth-order valence-electron chi connectivity index (χ4n) is 0.605. The molecule has 0 aromatic carbocycles. The lowest BCUT2D eigenvalue weighted by Crippen LogP contribution is -2.27. The van der Waals surface area contributed by atoms with Crippen molar-refractivity contribution in [3.63, 3.8) is 0 Å². The van der Waals surface area contributed by atoms with Crippen molar-refractivity contribution >= 4 is 23.3 Å². The average Bonchev–Trinajstić information content (AvgIpc) is 2.67. The van der Waals surface area contributed by atoms with Crippen LogP contribution in [0.1, 0.15) is 12.8 Å². The maximum Gasteiger partial charge on any atom is 0.242 e. The molecular weight excluding hydrogens is 148 g/mol. The van der Waals surface area contributed by atoms with E-state index in [2.05, 4.69) is 27.7 Å². The van der Waals surface area contributed by atoms with E-state index in [1.54, 1.807) is 0 Å². The van der Waals surface area contributed by atoms with Gasteiger partial charge in [-0.1, -0.05) is 0 Å². The lowest BCUT2D eigenvalue weighted by atomic mass is 10.5. The smallest absolute Gasteiger partial charge is 0.242 e. The molecule has 1 aliphatic carbocycles. The van der Waals surface area contributed by atoms with Crippen LogP contribution in [0.5, 0.6) is 0 Å². The standard InChI is InChI=1S/C6H8N2OS/c9-6(3-7-4-10)8-5-1-2-5/h5H,1-3H2,(H,8,9). The largest absolute Gasteiger partial charge is 0.352 e. The third kappa shape index (κ3) is 2.71. The summed E-state index contributed by atoms with van der Waals surface area (Å²) in [6.07, 6.45) is 2.21. The topological polar surface area (TPSA) is 41.5 Å². The molecule has 0 atom stereocenters. The normalized spacial score (nSPS) is 15.6. The molecule has 1 N–H and O–H groups in total. The monoisotopic (exact) mass is 156 g/mol. The second-order valence-corrected chi connectivity index (χ2v) is 2.43.